The number of aliphatic hydroxyl groups excluding tert-OH is 8. The molecule has 1 unspecified atom stereocenters. The number of H-pyrrole nitrogens is 1. The highest BCUT2D eigenvalue weighted by Crippen LogP contribution is 2.34. The number of ether oxygens (including phenoxy) is 4. The van der Waals surface area contributed by atoms with Crippen molar-refractivity contribution in [2.75, 3.05) is 6.61 Å². The van der Waals surface area contributed by atoms with Gasteiger partial charge in [0.05, 0.1) is 24.9 Å². The Morgan fingerprint density at radius 1 is 1.00 bits per heavy atom. The van der Waals surface area contributed by atoms with Crippen LogP contribution in [0.5, 0.6) is 0 Å². The van der Waals surface area contributed by atoms with Gasteiger partial charge in [-0.1, -0.05) is 0 Å². The van der Waals surface area contributed by atoms with E-state index in [1.54, 1.807) is 0 Å². The zero-order chi connectivity index (χ0) is 31.0. The van der Waals surface area contributed by atoms with E-state index < -0.39 is 122 Å². The Kier molecular flexibility index (Phi) is 10.1. The zero-order valence-electron chi connectivity index (χ0n) is 22.2. The summed E-state index contributed by atoms with van der Waals surface area (Å²) in [5.74, 6) is -0.629. The number of nitrogens with one attached hydrogen (secondary N) is 2. The SMILES string of the molecule is CC(=O)N[C@H]1[C@@H](O[C@@H]2O[C@H](CC(O)[C@H]3O[C@@H](n4ccc(=O)[nH]c4=O)[C@H](O)[C@@H]3O)[C@H](O)[C@H](O)[C@H]2N)O[C@H](CO)[C@@H](O)[C@@H]1O. The van der Waals surface area contributed by atoms with Crippen LogP contribution in [0.2, 0.25) is 0 Å². The molecular formula is C23H36N4O15. The summed E-state index contributed by atoms with van der Waals surface area (Å²) >= 11 is 0. The Morgan fingerprint density at radius 3 is 2.26 bits per heavy atom. The van der Waals surface area contributed by atoms with Crippen molar-refractivity contribution in [3.63, 3.8) is 0 Å². The van der Waals surface area contributed by atoms with E-state index in [4.69, 9.17) is 24.7 Å². The minimum atomic E-state index is -1.74. The van der Waals surface area contributed by atoms with Crippen LogP contribution in [0.4, 0.5) is 0 Å². The van der Waals surface area contributed by atoms with Crippen molar-refractivity contribution in [2.24, 2.45) is 5.73 Å². The Bertz CT molecular complexity index is 1200. The normalized spacial score (nSPS) is 43.2. The second-order valence-electron chi connectivity index (χ2n) is 10.5. The first-order valence-electron chi connectivity index (χ1n) is 13.1. The standard InChI is InChI=1S/C23H36N4O15/c1-6(29)25-12-16(35)14(33)9(5-28)40-22(12)42-21-11(24)15(34)13(32)8(39-21)4-7(30)19-17(36)18(37)20(41-19)27-3-2-10(31)26-23(27)38/h2-3,7-9,11-22,28,30,32-37H,4-5,24H2,1H3,(H,25,29)(H,26,31,38)/t7?,8-,9-,11-,12-,13+,14-,15-,16-,17+,18-,19-,20-,21+,22-/m1/s1. The highest BCUT2D eigenvalue weighted by Gasteiger charge is 2.52. The Balaban J connectivity index is 1.48. The highest BCUT2D eigenvalue weighted by atomic mass is 16.8. The van der Waals surface area contributed by atoms with Gasteiger partial charge in [0, 0.05) is 25.6 Å². The summed E-state index contributed by atoms with van der Waals surface area (Å²) in [5, 5.41) is 85.6. The van der Waals surface area contributed by atoms with Crippen molar-refractivity contribution in [3.05, 3.63) is 33.1 Å². The number of aromatic amines is 1. The quantitative estimate of drug-likeness (QED) is 0.131. The molecule has 0 bridgehead atoms. The lowest BCUT2D eigenvalue weighted by molar-refractivity contribution is -0.345. The third-order valence-electron chi connectivity index (χ3n) is 7.52. The number of rotatable bonds is 8. The molecule has 0 spiro atoms. The Labute approximate surface area is 236 Å². The number of nitrogens with two attached hydrogens (primary N) is 1. The van der Waals surface area contributed by atoms with Crippen LogP contribution in [0.3, 0.4) is 0 Å². The van der Waals surface area contributed by atoms with Crippen LogP contribution < -0.4 is 22.3 Å². The maximum atomic E-state index is 12.1. The topological polar surface area (TPSA) is 309 Å². The lowest BCUT2D eigenvalue weighted by Crippen LogP contribution is -2.68. The summed E-state index contributed by atoms with van der Waals surface area (Å²) in [6, 6.07) is -1.82. The molecule has 0 radical (unpaired) electrons. The third kappa shape index (κ3) is 6.43. The monoisotopic (exact) mass is 608 g/mol. The van der Waals surface area contributed by atoms with Crippen molar-refractivity contribution in [2.45, 2.75) is 105 Å². The molecule has 15 atom stereocenters. The van der Waals surface area contributed by atoms with Gasteiger partial charge in [-0.3, -0.25) is 19.1 Å². The predicted octanol–water partition coefficient (Wildman–Crippen LogP) is -7.36. The molecular weight excluding hydrogens is 572 g/mol. The van der Waals surface area contributed by atoms with E-state index in [1.807, 2.05) is 4.98 Å². The molecule has 3 saturated heterocycles. The van der Waals surface area contributed by atoms with E-state index in [2.05, 4.69) is 5.32 Å². The molecule has 238 valence electrons. The first-order valence-corrected chi connectivity index (χ1v) is 13.1. The average Bonchev–Trinajstić information content (AvgIpc) is 3.23. The molecule has 0 aliphatic carbocycles. The van der Waals surface area contributed by atoms with Crippen molar-refractivity contribution in [3.8, 4) is 0 Å². The first-order chi connectivity index (χ1) is 19.7. The van der Waals surface area contributed by atoms with E-state index in [1.165, 1.54) is 0 Å². The molecule has 42 heavy (non-hydrogen) atoms. The van der Waals surface area contributed by atoms with Gasteiger partial charge < -0.3 is 70.9 Å². The number of carbonyl (C=O) groups is 1. The van der Waals surface area contributed by atoms with E-state index in [-0.39, 0.29) is 0 Å². The number of aromatic nitrogens is 2. The maximum Gasteiger partial charge on any atom is 0.330 e. The van der Waals surface area contributed by atoms with Gasteiger partial charge in [-0.2, -0.15) is 0 Å². The largest absolute Gasteiger partial charge is 0.394 e. The highest BCUT2D eigenvalue weighted by molar-refractivity contribution is 5.73. The van der Waals surface area contributed by atoms with E-state index in [0.717, 1.165) is 23.8 Å². The van der Waals surface area contributed by atoms with Gasteiger partial charge in [-0.05, 0) is 0 Å². The van der Waals surface area contributed by atoms with Gasteiger partial charge in [0.1, 0.15) is 54.9 Å². The van der Waals surface area contributed by atoms with Crippen LogP contribution in [0.25, 0.3) is 0 Å². The summed E-state index contributed by atoms with van der Waals surface area (Å²) in [5.41, 5.74) is 4.33. The van der Waals surface area contributed by atoms with Crippen molar-refractivity contribution < 1.29 is 64.6 Å². The van der Waals surface area contributed by atoms with Gasteiger partial charge in [0.2, 0.25) is 5.91 Å². The smallest absolute Gasteiger partial charge is 0.330 e. The van der Waals surface area contributed by atoms with Gasteiger partial charge in [-0.25, -0.2) is 4.79 Å². The molecule has 1 aromatic rings. The molecule has 0 aromatic carbocycles. The van der Waals surface area contributed by atoms with Crippen LogP contribution in [-0.2, 0) is 23.7 Å². The fraction of sp³-hybridized carbons (Fsp3) is 0.783. The van der Waals surface area contributed by atoms with Crippen molar-refractivity contribution in [1.29, 1.82) is 0 Å². The Hall–Kier alpha value is -2.37. The van der Waals surface area contributed by atoms with Crippen LogP contribution in [0.15, 0.2) is 21.9 Å². The molecule has 19 heteroatoms. The first kappa shape index (κ1) is 32.5. The molecule has 3 fully saturated rings. The molecule has 3 aliphatic rings. The van der Waals surface area contributed by atoms with E-state index >= 15 is 0 Å². The zero-order valence-corrected chi connectivity index (χ0v) is 22.2. The molecule has 1 aromatic heterocycles. The van der Waals surface area contributed by atoms with Crippen LogP contribution in [-0.4, -0.2) is 149 Å². The average molecular weight is 609 g/mol. The van der Waals surface area contributed by atoms with Crippen LogP contribution in [0.1, 0.15) is 19.6 Å². The number of aliphatic hydroxyl groups is 8. The van der Waals surface area contributed by atoms with Gasteiger partial charge in [0.25, 0.3) is 5.56 Å². The molecule has 4 heterocycles. The molecule has 12 N–H and O–H groups in total. The second kappa shape index (κ2) is 13.1. The molecule has 3 aliphatic heterocycles. The lowest BCUT2D eigenvalue weighted by atomic mass is 9.91. The van der Waals surface area contributed by atoms with Gasteiger partial charge in [0.15, 0.2) is 18.8 Å². The summed E-state index contributed by atoms with van der Waals surface area (Å²) in [6.45, 7) is 0.392. The van der Waals surface area contributed by atoms with Crippen molar-refractivity contribution in [1.82, 2.24) is 14.9 Å². The summed E-state index contributed by atoms with van der Waals surface area (Å²) in [4.78, 5) is 37.2. The fourth-order valence-electron chi connectivity index (χ4n) is 5.22. The fourth-order valence-corrected chi connectivity index (χ4v) is 5.22. The summed E-state index contributed by atoms with van der Waals surface area (Å²) < 4.78 is 23.2. The maximum absolute atomic E-state index is 12.1. The second-order valence-corrected chi connectivity index (χ2v) is 10.5. The lowest BCUT2D eigenvalue weighted by Gasteiger charge is -2.46. The predicted molar refractivity (Wildman–Crippen MR) is 133 cm³/mol. The molecule has 4 rings (SSSR count). The van der Waals surface area contributed by atoms with E-state index in [0.29, 0.717) is 0 Å². The molecule has 0 saturated carbocycles. The summed E-state index contributed by atoms with van der Waals surface area (Å²) in [7, 11) is 0. The number of nitrogens with zero attached hydrogens (tertiary/aromatic N) is 1. The Morgan fingerprint density at radius 2 is 1.64 bits per heavy atom. The van der Waals surface area contributed by atoms with Crippen molar-refractivity contribution >= 4 is 5.91 Å². The number of amides is 1. The third-order valence-corrected chi connectivity index (χ3v) is 7.52. The minimum Gasteiger partial charge on any atom is -0.394 e. The van der Waals surface area contributed by atoms with Gasteiger partial charge >= 0.3 is 5.69 Å². The summed E-state index contributed by atoms with van der Waals surface area (Å²) in [6.07, 6.45) is -20.3. The van der Waals surface area contributed by atoms with Gasteiger partial charge in [-0.15, -0.1) is 0 Å². The van der Waals surface area contributed by atoms with E-state index in [9.17, 15) is 55.2 Å². The number of hydrogen-bond donors (Lipinski definition) is 11. The molecule has 1 amide bonds. The number of carbonyl (C=O) groups excluding carboxylic acids is 1. The van der Waals surface area contributed by atoms with Crippen LogP contribution in [0, 0.1) is 0 Å². The minimum absolute atomic E-state index is 0.534. The number of hydrogen-bond acceptors (Lipinski definition) is 16. The molecule has 19 nitrogen and oxygen atoms in total. The van der Waals surface area contributed by atoms with Crippen LogP contribution >= 0.6 is 0 Å².